The number of carboxylic acids is 1. The van der Waals surface area contributed by atoms with Gasteiger partial charge in [0.2, 0.25) is 0 Å². The first-order chi connectivity index (χ1) is 11.2. The minimum absolute atomic E-state index is 0.268. The summed E-state index contributed by atoms with van der Waals surface area (Å²) in [5, 5.41) is 21.9. The molecule has 0 aliphatic rings. The van der Waals surface area contributed by atoms with Gasteiger partial charge < -0.3 is 20.3 Å². The van der Waals surface area contributed by atoms with Crippen LogP contribution >= 0.6 is 0 Å². The summed E-state index contributed by atoms with van der Waals surface area (Å²) in [6, 6.07) is 6.44. The van der Waals surface area contributed by atoms with Crippen molar-refractivity contribution in [2.24, 2.45) is 0 Å². The molecule has 0 bridgehead atoms. The number of aromatic hydroxyl groups is 1. The second-order valence-electron chi connectivity index (χ2n) is 6.05. The number of nitrogens with one attached hydrogen (secondary N) is 1. The second-order valence-corrected chi connectivity index (χ2v) is 6.05. The van der Waals surface area contributed by atoms with Crippen molar-refractivity contribution in [3.63, 3.8) is 0 Å². The highest BCUT2D eigenvalue weighted by Crippen LogP contribution is 2.34. The zero-order chi connectivity index (χ0) is 18.0. The van der Waals surface area contributed by atoms with Gasteiger partial charge in [-0.1, -0.05) is 12.1 Å². The molecule has 0 aromatic heterocycles. The van der Waals surface area contributed by atoms with E-state index in [0.29, 0.717) is 17.1 Å². The van der Waals surface area contributed by atoms with E-state index >= 15 is 0 Å². The van der Waals surface area contributed by atoms with Crippen LogP contribution in [-0.2, 0) is 4.79 Å². The van der Waals surface area contributed by atoms with Crippen LogP contribution in [0.5, 0.6) is 17.2 Å². The standard InChI is InChI=1S/C19H23NO4/c1-10-8-15(9-11(2)17(10)21)24-18-12(3)6-14(7-13(18)4)16(20-5)19(22)23/h6-9,16,20-21H,1-5H3,(H,22,23). The van der Waals surface area contributed by atoms with Gasteiger partial charge >= 0.3 is 5.97 Å². The molecule has 5 heteroatoms. The van der Waals surface area contributed by atoms with E-state index in [4.69, 9.17) is 4.74 Å². The van der Waals surface area contributed by atoms with Crippen molar-refractivity contribution < 1.29 is 19.7 Å². The summed E-state index contributed by atoms with van der Waals surface area (Å²) in [4.78, 5) is 11.3. The summed E-state index contributed by atoms with van der Waals surface area (Å²) < 4.78 is 6.01. The minimum atomic E-state index is -0.922. The Kier molecular flexibility index (Phi) is 5.14. The van der Waals surface area contributed by atoms with Gasteiger partial charge in [-0.3, -0.25) is 4.79 Å². The predicted octanol–water partition coefficient (Wildman–Crippen LogP) is 3.76. The average molecular weight is 329 g/mol. The smallest absolute Gasteiger partial charge is 0.325 e. The predicted molar refractivity (Wildman–Crippen MR) is 93.0 cm³/mol. The van der Waals surface area contributed by atoms with E-state index in [-0.39, 0.29) is 5.75 Å². The zero-order valence-corrected chi connectivity index (χ0v) is 14.6. The largest absolute Gasteiger partial charge is 0.507 e. The molecule has 2 rings (SSSR count). The lowest BCUT2D eigenvalue weighted by Crippen LogP contribution is -2.25. The zero-order valence-electron chi connectivity index (χ0n) is 14.6. The Hall–Kier alpha value is -2.53. The van der Waals surface area contributed by atoms with E-state index < -0.39 is 12.0 Å². The van der Waals surface area contributed by atoms with E-state index in [1.165, 1.54) is 0 Å². The van der Waals surface area contributed by atoms with Crippen molar-refractivity contribution >= 4 is 5.97 Å². The Morgan fingerprint density at radius 1 is 1.00 bits per heavy atom. The molecular weight excluding hydrogens is 306 g/mol. The summed E-state index contributed by atoms with van der Waals surface area (Å²) in [7, 11) is 1.62. The monoisotopic (exact) mass is 329 g/mol. The average Bonchev–Trinajstić information content (AvgIpc) is 2.48. The van der Waals surface area contributed by atoms with Gasteiger partial charge in [-0.15, -0.1) is 0 Å². The van der Waals surface area contributed by atoms with Crippen LogP contribution in [0.2, 0.25) is 0 Å². The van der Waals surface area contributed by atoms with Crippen molar-refractivity contribution in [3.8, 4) is 17.2 Å². The molecule has 0 amide bonds. The van der Waals surface area contributed by atoms with E-state index in [9.17, 15) is 15.0 Å². The molecule has 1 atom stereocenters. The lowest BCUT2D eigenvalue weighted by molar-refractivity contribution is -0.139. The van der Waals surface area contributed by atoms with Crippen LogP contribution in [0, 0.1) is 27.7 Å². The number of carbonyl (C=O) groups is 1. The Labute approximate surface area is 141 Å². The lowest BCUT2D eigenvalue weighted by Gasteiger charge is -2.18. The van der Waals surface area contributed by atoms with Gasteiger partial charge in [0.1, 0.15) is 23.3 Å². The third kappa shape index (κ3) is 3.51. The first-order valence-corrected chi connectivity index (χ1v) is 7.74. The number of aliphatic carboxylic acids is 1. The van der Waals surface area contributed by atoms with Crippen molar-refractivity contribution in [1.82, 2.24) is 5.32 Å². The molecular formula is C19H23NO4. The number of ether oxygens (including phenoxy) is 1. The first-order valence-electron chi connectivity index (χ1n) is 7.74. The number of hydrogen-bond donors (Lipinski definition) is 3. The minimum Gasteiger partial charge on any atom is -0.507 e. The number of likely N-dealkylation sites (N-methyl/N-ethyl adjacent to an activating group) is 1. The number of rotatable bonds is 5. The fourth-order valence-electron chi connectivity index (χ4n) is 2.84. The fourth-order valence-corrected chi connectivity index (χ4v) is 2.84. The molecule has 0 aliphatic heterocycles. The highest BCUT2D eigenvalue weighted by molar-refractivity contribution is 5.76. The van der Waals surface area contributed by atoms with Gasteiger partial charge in [0.15, 0.2) is 0 Å². The van der Waals surface area contributed by atoms with Crippen LogP contribution in [-0.4, -0.2) is 23.2 Å². The molecule has 0 spiro atoms. The lowest BCUT2D eigenvalue weighted by atomic mass is 10.00. The normalized spacial score (nSPS) is 12.0. The van der Waals surface area contributed by atoms with Crippen molar-refractivity contribution in [2.45, 2.75) is 33.7 Å². The van der Waals surface area contributed by atoms with Gasteiger partial charge in [-0.25, -0.2) is 0 Å². The van der Waals surface area contributed by atoms with Crippen molar-refractivity contribution in [1.29, 1.82) is 0 Å². The van der Waals surface area contributed by atoms with E-state index in [1.807, 2.05) is 39.8 Å². The van der Waals surface area contributed by atoms with Gasteiger partial charge in [-0.05, 0) is 74.7 Å². The van der Waals surface area contributed by atoms with Gasteiger partial charge in [0.05, 0.1) is 0 Å². The Morgan fingerprint density at radius 3 is 1.92 bits per heavy atom. The SMILES string of the molecule is CNC(C(=O)O)c1cc(C)c(Oc2cc(C)c(O)c(C)c2)c(C)c1. The summed E-state index contributed by atoms with van der Waals surface area (Å²) >= 11 is 0. The third-order valence-electron chi connectivity index (χ3n) is 4.04. The number of phenols is 1. The maximum absolute atomic E-state index is 11.3. The molecule has 3 N–H and O–H groups in total. The van der Waals surface area contributed by atoms with Gasteiger partial charge in [0, 0.05) is 0 Å². The Bertz CT molecular complexity index is 737. The van der Waals surface area contributed by atoms with Gasteiger partial charge in [0.25, 0.3) is 0 Å². The number of benzene rings is 2. The van der Waals surface area contributed by atoms with E-state index in [0.717, 1.165) is 22.3 Å². The number of hydrogen-bond acceptors (Lipinski definition) is 4. The topological polar surface area (TPSA) is 78.8 Å². The molecule has 0 saturated heterocycles. The molecule has 0 heterocycles. The van der Waals surface area contributed by atoms with Crippen LogP contribution in [0.25, 0.3) is 0 Å². The number of phenolic OH excluding ortho intramolecular Hbond substituents is 1. The van der Waals surface area contributed by atoms with Crippen LogP contribution < -0.4 is 10.1 Å². The highest BCUT2D eigenvalue weighted by atomic mass is 16.5. The van der Waals surface area contributed by atoms with E-state index in [2.05, 4.69) is 5.32 Å². The Balaban J connectivity index is 2.41. The van der Waals surface area contributed by atoms with E-state index in [1.54, 1.807) is 19.2 Å². The second kappa shape index (κ2) is 6.93. The Morgan fingerprint density at radius 2 is 1.50 bits per heavy atom. The summed E-state index contributed by atoms with van der Waals surface area (Å²) in [6.07, 6.45) is 0. The summed E-state index contributed by atoms with van der Waals surface area (Å²) in [5.41, 5.74) is 3.89. The molecule has 2 aromatic rings. The number of aryl methyl sites for hydroxylation is 4. The molecule has 0 fully saturated rings. The molecule has 1 unspecified atom stereocenters. The number of carboxylic acid groups (broad SMARTS) is 1. The molecule has 0 radical (unpaired) electrons. The molecule has 24 heavy (non-hydrogen) atoms. The van der Waals surface area contributed by atoms with Crippen LogP contribution in [0.15, 0.2) is 24.3 Å². The van der Waals surface area contributed by atoms with Crippen LogP contribution in [0.3, 0.4) is 0 Å². The van der Waals surface area contributed by atoms with Crippen LogP contribution in [0.4, 0.5) is 0 Å². The van der Waals surface area contributed by atoms with Crippen molar-refractivity contribution in [3.05, 3.63) is 52.1 Å². The summed E-state index contributed by atoms with van der Waals surface area (Å²) in [6.45, 7) is 7.42. The third-order valence-corrected chi connectivity index (χ3v) is 4.04. The fraction of sp³-hybridized carbons (Fsp3) is 0.316. The first kappa shape index (κ1) is 17.8. The maximum Gasteiger partial charge on any atom is 0.325 e. The molecule has 2 aromatic carbocycles. The molecule has 0 saturated carbocycles. The van der Waals surface area contributed by atoms with Crippen LogP contribution in [0.1, 0.15) is 33.9 Å². The molecule has 0 aliphatic carbocycles. The highest BCUT2D eigenvalue weighted by Gasteiger charge is 2.20. The quantitative estimate of drug-likeness (QED) is 0.778. The van der Waals surface area contributed by atoms with Gasteiger partial charge in [-0.2, -0.15) is 0 Å². The molecule has 5 nitrogen and oxygen atoms in total. The summed E-state index contributed by atoms with van der Waals surface area (Å²) in [5.74, 6) is 0.688. The molecule has 128 valence electrons. The van der Waals surface area contributed by atoms with Crippen molar-refractivity contribution in [2.75, 3.05) is 7.05 Å². The maximum atomic E-state index is 11.3.